The topological polar surface area (TPSA) is 91.3 Å². The fraction of sp³-hybridized carbons (Fsp3) is 0.261. The minimum atomic E-state index is -0.554. The molecule has 172 valence electrons. The first kappa shape index (κ1) is 22.8. The van der Waals surface area contributed by atoms with Crippen molar-refractivity contribution in [1.29, 1.82) is 0 Å². The molecule has 10 heteroatoms. The van der Waals surface area contributed by atoms with Crippen molar-refractivity contribution in [2.75, 3.05) is 6.61 Å². The molecule has 0 aliphatic rings. The van der Waals surface area contributed by atoms with Gasteiger partial charge in [-0.15, -0.1) is 0 Å². The van der Waals surface area contributed by atoms with E-state index in [1.54, 1.807) is 28.8 Å². The highest BCUT2D eigenvalue weighted by molar-refractivity contribution is 6.32. The van der Waals surface area contributed by atoms with Crippen LogP contribution in [0.2, 0.25) is 5.02 Å². The number of aliphatic hydroxyl groups is 1. The zero-order valence-electron chi connectivity index (χ0n) is 18.1. The van der Waals surface area contributed by atoms with E-state index in [1.165, 1.54) is 23.7 Å². The molecule has 0 radical (unpaired) electrons. The van der Waals surface area contributed by atoms with Gasteiger partial charge in [0.1, 0.15) is 11.6 Å². The molecule has 0 aliphatic carbocycles. The molecule has 33 heavy (non-hydrogen) atoms. The number of rotatable bonds is 7. The van der Waals surface area contributed by atoms with Crippen LogP contribution in [0.1, 0.15) is 17.5 Å². The maximum Gasteiger partial charge on any atom is 0.332 e. The first-order valence-corrected chi connectivity index (χ1v) is 10.7. The van der Waals surface area contributed by atoms with Gasteiger partial charge in [0.25, 0.3) is 5.56 Å². The second-order valence-corrected chi connectivity index (χ2v) is 8.02. The van der Waals surface area contributed by atoms with Gasteiger partial charge in [-0.25, -0.2) is 9.18 Å². The molecule has 0 saturated carbocycles. The fourth-order valence-electron chi connectivity index (χ4n) is 3.57. The maximum atomic E-state index is 13.4. The standard InChI is InChI=1S/C23H22ClFN4O4/c1-14-5-3-6-17(18(14)24)33-22-26-20-19(29(22)13-15-7-9-16(25)10-8-15)21(31)28(11-4-12-30)23(32)27(20)2/h3,5-10,30H,4,11-13H2,1-2H3. The third kappa shape index (κ3) is 4.29. The van der Waals surface area contributed by atoms with Crippen LogP contribution in [0, 0.1) is 12.7 Å². The van der Waals surface area contributed by atoms with Crippen LogP contribution in [-0.4, -0.2) is 30.4 Å². The number of imidazole rings is 1. The number of halogens is 2. The Morgan fingerprint density at radius 3 is 2.55 bits per heavy atom. The fourth-order valence-corrected chi connectivity index (χ4v) is 3.74. The molecule has 2 heterocycles. The van der Waals surface area contributed by atoms with E-state index >= 15 is 0 Å². The van der Waals surface area contributed by atoms with Crippen LogP contribution in [0.4, 0.5) is 4.39 Å². The molecule has 1 N–H and O–H groups in total. The number of aromatic nitrogens is 4. The van der Waals surface area contributed by atoms with Crippen LogP contribution in [0.5, 0.6) is 11.8 Å². The predicted molar refractivity (Wildman–Crippen MR) is 123 cm³/mol. The minimum absolute atomic E-state index is 0.0551. The number of hydrogen-bond acceptors (Lipinski definition) is 5. The molecule has 0 saturated heterocycles. The SMILES string of the molecule is Cc1cccc(Oc2nc3c(c(=O)n(CCCO)c(=O)n3C)n2Cc2ccc(F)cc2)c1Cl. The second kappa shape index (κ2) is 9.21. The summed E-state index contributed by atoms with van der Waals surface area (Å²) in [5.41, 5.74) is 0.693. The summed E-state index contributed by atoms with van der Waals surface area (Å²) in [5, 5.41) is 9.57. The number of hydrogen-bond donors (Lipinski definition) is 1. The van der Waals surface area contributed by atoms with E-state index in [4.69, 9.17) is 16.3 Å². The van der Waals surface area contributed by atoms with Crippen molar-refractivity contribution in [1.82, 2.24) is 18.7 Å². The van der Waals surface area contributed by atoms with Gasteiger partial charge in [-0.2, -0.15) is 4.98 Å². The predicted octanol–water partition coefficient (Wildman–Crippen LogP) is 3.22. The lowest BCUT2D eigenvalue weighted by Crippen LogP contribution is -2.39. The van der Waals surface area contributed by atoms with E-state index < -0.39 is 11.2 Å². The first-order valence-electron chi connectivity index (χ1n) is 10.3. The Labute approximate surface area is 193 Å². The van der Waals surface area contributed by atoms with Crippen molar-refractivity contribution >= 4 is 22.8 Å². The van der Waals surface area contributed by atoms with Gasteiger partial charge in [0, 0.05) is 20.2 Å². The van der Waals surface area contributed by atoms with Gasteiger partial charge in [0.05, 0.1) is 11.6 Å². The molecular weight excluding hydrogens is 451 g/mol. The first-order chi connectivity index (χ1) is 15.8. The van der Waals surface area contributed by atoms with Crippen LogP contribution in [0.25, 0.3) is 11.2 Å². The molecule has 4 rings (SSSR count). The Morgan fingerprint density at radius 1 is 1.12 bits per heavy atom. The smallest absolute Gasteiger partial charge is 0.332 e. The summed E-state index contributed by atoms with van der Waals surface area (Å²) in [6, 6.07) is 11.2. The van der Waals surface area contributed by atoms with Crippen molar-refractivity contribution in [2.45, 2.75) is 26.4 Å². The van der Waals surface area contributed by atoms with E-state index in [0.717, 1.165) is 10.1 Å². The number of aliphatic hydroxyl groups excluding tert-OH is 1. The van der Waals surface area contributed by atoms with Gasteiger partial charge in [-0.3, -0.25) is 18.5 Å². The molecule has 0 atom stereocenters. The third-order valence-electron chi connectivity index (χ3n) is 5.35. The van der Waals surface area contributed by atoms with Gasteiger partial charge in [0.15, 0.2) is 11.2 Å². The third-order valence-corrected chi connectivity index (χ3v) is 5.83. The van der Waals surface area contributed by atoms with E-state index in [1.807, 2.05) is 13.0 Å². The summed E-state index contributed by atoms with van der Waals surface area (Å²) >= 11 is 6.39. The highest BCUT2D eigenvalue weighted by Crippen LogP contribution is 2.32. The lowest BCUT2D eigenvalue weighted by molar-refractivity contribution is 0.277. The lowest BCUT2D eigenvalue weighted by atomic mass is 10.2. The quantitative estimate of drug-likeness (QED) is 0.446. The molecule has 0 aliphatic heterocycles. The van der Waals surface area contributed by atoms with Crippen molar-refractivity contribution in [3.63, 3.8) is 0 Å². The Kier molecular flexibility index (Phi) is 6.35. The maximum absolute atomic E-state index is 13.4. The monoisotopic (exact) mass is 472 g/mol. The van der Waals surface area contributed by atoms with Crippen LogP contribution in [0.15, 0.2) is 52.1 Å². The van der Waals surface area contributed by atoms with Gasteiger partial charge in [-0.05, 0) is 42.7 Å². The molecule has 4 aromatic rings. The van der Waals surface area contributed by atoms with Crippen molar-refractivity contribution in [2.24, 2.45) is 7.05 Å². The number of nitrogens with zero attached hydrogens (tertiary/aromatic N) is 4. The van der Waals surface area contributed by atoms with E-state index in [9.17, 15) is 19.1 Å². The summed E-state index contributed by atoms with van der Waals surface area (Å²) < 4.78 is 23.3. The largest absolute Gasteiger partial charge is 0.424 e. The molecule has 2 aromatic heterocycles. The average molecular weight is 473 g/mol. The molecular formula is C23H22ClFN4O4. The van der Waals surface area contributed by atoms with Crippen LogP contribution in [0.3, 0.4) is 0 Å². The van der Waals surface area contributed by atoms with Gasteiger partial charge >= 0.3 is 11.7 Å². The summed E-state index contributed by atoms with van der Waals surface area (Å²) in [6.07, 6.45) is 0.245. The van der Waals surface area contributed by atoms with Crippen LogP contribution in [-0.2, 0) is 20.1 Å². The Bertz CT molecular complexity index is 1440. The molecule has 0 unspecified atom stereocenters. The van der Waals surface area contributed by atoms with Crippen molar-refractivity contribution < 1.29 is 14.2 Å². The zero-order chi connectivity index (χ0) is 23.7. The van der Waals surface area contributed by atoms with E-state index in [-0.39, 0.29) is 49.1 Å². The molecule has 0 bridgehead atoms. The van der Waals surface area contributed by atoms with Gasteiger partial charge in [-0.1, -0.05) is 35.9 Å². The lowest BCUT2D eigenvalue weighted by Gasteiger charge is -2.12. The summed E-state index contributed by atoms with van der Waals surface area (Å²) in [6.45, 7) is 1.87. The molecule has 0 fully saturated rings. The summed E-state index contributed by atoms with van der Waals surface area (Å²) in [4.78, 5) is 30.5. The van der Waals surface area contributed by atoms with Crippen molar-refractivity contribution in [3.05, 3.63) is 85.3 Å². The molecule has 8 nitrogen and oxygen atoms in total. The van der Waals surface area contributed by atoms with Gasteiger partial charge < -0.3 is 9.84 Å². The van der Waals surface area contributed by atoms with E-state index in [0.29, 0.717) is 16.3 Å². The van der Waals surface area contributed by atoms with Crippen molar-refractivity contribution in [3.8, 4) is 11.8 Å². The highest BCUT2D eigenvalue weighted by Gasteiger charge is 2.22. The molecule has 0 amide bonds. The zero-order valence-corrected chi connectivity index (χ0v) is 18.8. The van der Waals surface area contributed by atoms with E-state index in [2.05, 4.69) is 4.98 Å². The molecule has 0 spiro atoms. The average Bonchev–Trinajstić information content (AvgIpc) is 3.15. The normalized spacial score (nSPS) is 11.3. The Balaban J connectivity index is 1.95. The Hall–Kier alpha value is -3.43. The number of benzene rings is 2. The van der Waals surface area contributed by atoms with Crippen LogP contribution < -0.4 is 16.0 Å². The summed E-state index contributed by atoms with van der Waals surface area (Å²) in [5.74, 6) is -0.0380. The Morgan fingerprint density at radius 2 is 1.85 bits per heavy atom. The second-order valence-electron chi connectivity index (χ2n) is 7.64. The number of ether oxygens (including phenoxy) is 1. The highest BCUT2D eigenvalue weighted by atomic mass is 35.5. The van der Waals surface area contributed by atoms with Gasteiger partial charge in [0.2, 0.25) is 0 Å². The number of aryl methyl sites for hydroxylation is 2. The summed E-state index contributed by atoms with van der Waals surface area (Å²) in [7, 11) is 1.51. The number of fused-ring (bicyclic) bond motifs is 1. The molecule has 2 aromatic carbocycles. The minimum Gasteiger partial charge on any atom is -0.424 e. The van der Waals surface area contributed by atoms with Crippen LogP contribution >= 0.6 is 11.6 Å².